The number of aromatic hydroxyl groups is 1. The van der Waals surface area contributed by atoms with E-state index in [0.717, 1.165) is 27.7 Å². The summed E-state index contributed by atoms with van der Waals surface area (Å²) in [7, 11) is 0. The Balaban J connectivity index is 2.30. The fourth-order valence-electron chi connectivity index (χ4n) is 2.04. The number of aromatic nitrogens is 3. The second kappa shape index (κ2) is 3.59. The molecular weight excluding hydrogens is 214 g/mol. The van der Waals surface area contributed by atoms with Gasteiger partial charge in [-0.15, -0.1) is 0 Å². The van der Waals surface area contributed by atoms with Gasteiger partial charge in [0.15, 0.2) is 0 Å². The Morgan fingerprint density at radius 1 is 1.06 bits per heavy atom. The Bertz CT molecular complexity index is 688. The number of H-pyrrole nitrogens is 1. The molecule has 0 aliphatic carbocycles. The first-order chi connectivity index (χ1) is 8.25. The van der Waals surface area contributed by atoms with Crippen molar-refractivity contribution in [1.29, 1.82) is 0 Å². The van der Waals surface area contributed by atoms with Crippen molar-refractivity contribution in [2.45, 2.75) is 6.92 Å². The number of fused-ring (bicyclic) bond motifs is 1. The average Bonchev–Trinajstić information content (AvgIpc) is 2.77. The van der Waals surface area contributed by atoms with Crippen molar-refractivity contribution in [3.8, 4) is 16.9 Å². The SMILES string of the molecule is Cc1cc(O)ccc1-c1cccc2n[nH]nc12. The van der Waals surface area contributed by atoms with E-state index in [0.29, 0.717) is 0 Å². The van der Waals surface area contributed by atoms with Crippen molar-refractivity contribution >= 4 is 11.0 Å². The minimum atomic E-state index is 0.276. The van der Waals surface area contributed by atoms with Gasteiger partial charge in [-0.1, -0.05) is 18.2 Å². The first-order valence-electron chi connectivity index (χ1n) is 5.35. The molecule has 3 aromatic rings. The summed E-state index contributed by atoms with van der Waals surface area (Å²) >= 11 is 0. The number of benzene rings is 2. The van der Waals surface area contributed by atoms with E-state index in [1.807, 2.05) is 31.2 Å². The zero-order valence-corrected chi connectivity index (χ0v) is 9.31. The van der Waals surface area contributed by atoms with Crippen LogP contribution in [-0.4, -0.2) is 20.5 Å². The molecule has 0 radical (unpaired) electrons. The molecule has 0 aliphatic rings. The molecule has 0 saturated carbocycles. The van der Waals surface area contributed by atoms with Gasteiger partial charge in [0, 0.05) is 5.56 Å². The maximum absolute atomic E-state index is 9.42. The topological polar surface area (TPSA) is 61.8 Å². The second-order valence-electron chi connectivity index (χ2n) is 4.00. The van der Waals surface area contributed by atoms with Crippen molar-refractivity contribution in [3.63, 3.8) is 0 Å². The minimum Gasteiger partial charge on any atom is -0.508 e. The van der Waals surface area contributed by atoms with Crippen LogP contribution >= 0.6 is 0 Å². The zero-order valence-electron chi connectivity index (χ0n) is 9.31. The Morgan fingerprint density at radius 3 is 2.76 bits per heavy atom. The van der Waals surface area contributed by atoms with Crippen LogP contribution in [0.1, 0.15) is 5.56 Å². The van der Waals surface area contributed by atoms with Crippen LogP contribution in [0, 0.1) is 6.92 Å². The van der Waals surface area contributed by atoms with E-state index in [9.17, 15) is 5.11 Å². The van der Waals surface area contributed by atoms with E-state index >= 15 is 0 Å². The van der Waals surface area contributed by atoms with Crippen LogP contribution in [0.4, 0.5) is 0 Å². The number of rotatable bonds is 1. The van der Waals surface area contributed by atoms with E-state index in [-0.39, 0.29) is 5.75 Å². The lowest BCUT2D eigenvalue weighted by Crippen LogP contribution is -1.85. The van der Waals surface area contributed by atoms with E-state index in [1.165, 1.54) is 0 Å². The van der Waals surface area contributed by atoms with Crippen LogP contribution in [0.15, 0.2) is 36.4 Å². The molecule has 0 atom stereocenters. The van der Waals surface area contributed by atoms with Crippen LogP contribution in [0.25, 0.3) is 22.2 Å². The molecule has 1 aromatic heterocycles. The number of nitrogens with zero attached hydrogens (tertiary/aromatic N) is 2. The number of aromatic amines is 1. The van der Waals surface area contributed by atoms with E-state index in [2.05, 4.69) is 15.4 Å². The quantitative estimate of drug-likeness (QED) is 0.669. The maximum Gasteiger partial charge on any atom is 0.120 e. The maximum atomic E-state index is 9.42. The molecule has 0 fully saturated rings. The molecule has 1 heterocycles. The van der Waals surface area contributed by atoms with Crippen molar-refractivity contribution in [2.75, 3.05) is 0 Å². The summed E-state index contributed by atoms with van der Waals surface area (Å²) in [5.74, 6) is 0.276. The molecule has 84 valence electrons. The first kappa shape index (κ1) is 9.84. The van der Waals surface area contributed by atoms with E-state index < -0.39 is 0 Å². The van der Waals surface area contributed by atoms with Gasteiger partial charge in [-0.05, 0) is 36.2 Å². The number of aryl methyl sites for hydroxylation is 1. The fourth-order valence-corrected chi connectivity index (χ4v) is 2.04. The lowest BCUT2D eigenvalue weighted by Gasteiger charge is -2.06. The van der Waals surface area contributed by atoms with Gasteiger partial charge in [-0.2, -0.15) is 15.4 Å². The molecule has 4 heteroatoms. The smallest absolute Gasteiger partial charge is 0.120 e. The molecule has 0 spiro atoms. The third kappa shape index (κ3) is 1.54. The van der Waals surface area contributed by atoms with Gasteiger partial charge in [0.1, 0.15) is 16.8 Å². The summed E-state index contributed by atoms with van der Waals surface area (Å²) in [5.41, 5.74) is 4.79. The molecule has 2 aromatic carbocycles. The highest BCUT2D eigenvalue weighted by Crippen LogP contribution is 2.30. The molecule has 0 aliphatic heterocycles. The summed E-state index contributed by atoms with van der Waals surface area (Å²) in [6, 6.07) is 11.2. The van der Waals surface area contributed by atoms with Crippen LogP contribution in [0.3, 0.4) is 0 Å². The third-order valence-corrected chi connectivity index (χ3v) is 2.85. The lowest BCUT2D eigenvalue weighted by molar-refractivity contribution is 0.475. The summed E-state index contributed by atoms with van der Waals surface area (Å²) in [4.78, 5) is 0. The molecule has 0 saturated heterocycles. The van der Waals surface area contributed by atoms with E-state index in [4.69, 9.17) is 0 Å². The Labute approximate surface area is 97.9 Å². The van der Waals surface area contributed by atoms with Crippen LogP contribution in [-0.2, 0) is 0 Å². The molecule has 17 heavy (non-hydrogen) atoms. The largest absolute Gasteiger partial charge is 0.508 e. The predicted octanol–water partition coefficient (Wildman–Crippen LogP) is 2.64. The van der Waals surface area contributed by atoms with Crippen LogP contribution in [0.5, 0.6) is 5.75 Å². The number of hydrogen-bond donors (Lipinski definition) is 2. The Kier molecular flexibility index (Phi) is 2.08. The summed E-state index contributed by atoms with van der Waals surface area (Å²) < 4.78 is 0. The van der Waals surface area contributed by atoms with Gasteiger partial charge < -0.3 is 5.11 Å². The molecule has 0 bridgehead atoms. The van der Waals surface area contributed by atoms with Gasteiger partial charge in [0.25, 0.3) is 0 Å². The molecule has 4 nitrogen and oxygen atoms in total. The summed E-state index contributed by atoms with van der Waals surface area (Å²) in [5, 5.41) is 20.3. The van der Waals surface area contributed by atoms with Crippen molar-refractivity contribution in [2.24, 2.45) is 0 Å². The van der Waals surface area contributed by atoms with Crippen LogP contribution in [0.2, 0.25) is 0 Å². The van der Waals surface area contributed by atoms with Crippen molar-refractivity contribution < 1.29 is 5.11 Å². The summed E-state index contributed by atoms with van der Waals surface area (Å²) in [6.45, 7) is 1.97. The van der Waals surface area contributed by atoms with Crippen molar-refractivity contribution in [1.82, 2.24) is 15.4 Å². The molecule has 0 amide bonds. The van der Waals surface area contributed by atoms with Gasteiger partial charge in [-0.3, -0.25) is 0 Å². The normalized spacial score (nSPS) is 10.9. The Morgan fingerprint density at radius 2 is 1.94 bits per heavy atom. The standard InChI is InChI=1S/C13H11N3O/c1-8-7-9(17)5-6-10(8)11-3-2-4-12-13(11)15-16-14-12/h2-7,17H,1H3,(H,14,15,16). The van der Waals surface area contributed by atoms with Gasteiger partial charge in [0.2, 0.25) is 0 Å². The first-order valence-corrected chi connectivity index (χ1v) is 5.35. The Hall–Kier alpha value is -2.36. The predicted molar refractivity (Wildman–Crippen MR) is 65.7 cm³/mol. The summed E-state index contributed by atoms with van der Waals surface area (Å²) in [6.07, 6.45) is 0. The number of nitrogens with one attached hydrogen (secondary N) is 1. The number of para-hydroxylation sites is 1. The molecule has 2 N–H and O–H groups in total. The highest BCUT2D eigenvalue weighted by molar-refractivity contribution is 5.92. The highest BCUT2D eigenvalue weighted by atomic mass is 16.3. The van der Waals surface area contributed by atoms with Crippen LogP contribution < -0.4 is 0 Å². The zero-order chi connectivity index (χ0) is 11.8. The van der Waals surface area contributed by atoms with Gasteiger partial charge in [-0.25, -0.2) is 0 Å². The third-order valence-electron chi connectivity index (χ3n) is 2.85. The molecule has 3 rings (SSSR count). The van der Waals surface area contributed by atoms with Gasteiger partial charge in [0.05, 0.1) is 0 Å². The number of phenolic OH excluding ortho intramolecular Hbond substituents is 1. The lowest BCUT2D eigenvalue weighted by atomic mass is 9.99. The molecular formula is C13H11N3O. The van der Waals surface area contributed by atoms with Gasteiger partial charge >= 0.3 is 0 Å². The monoisotopic (exact) mass is 225 g/mol. The highest BCUT2D eigenvalue weighted by Gasteiger charge is 2.09. The van der Waals surface area contributed by atoms with Crippen molar-refractivity contribution in [3.05, 3.63) is 42.0 Å². The number of hydrogen-bond acceptors (Lipinski definition) is 3. The average molecular weight is 225 g/mol. The second-order valence-corrected chi connectivity index (χ2v) is 4.00. The fraction of sp³-hybridized carbons (Fsp3) is 0.0769. The molecule has 0 unspecified atom stereocenters. The van der Waals surface area contributed by atoms with E-state index in [1.54, 1.807) is 12.1 Å². The minimum absolute atomic E-state index is 0.276. The number of phenols is 1.